The molecule has 3 rings (SSSR count). The van der Waals surface area contributed by atoms with Crippen molar-refractivity contribution >= 4 is 11.9 Å². The van der Waals surface area contributed by atoms with E-state index in [1.165, 1.54) is 5.56 Å². The van der Waals surface area contributed by atoms with Crippen LogP contribution in [0.15, 0.2) is 84.9 Å². The van der Waals surface area contributed by atoms with Crippen molar-refractivity contribution in [2.45, 2.75) is 12.8 Å². The monoisotopic (exact) mass is 389 g/mol. The molecule has 0 saturated heterocycles. The molecule has 0 unspecified atom stereocenters. The first-order valence-electron chi connectivity index (χ1n) is 9.52. The summed E-state index contributed by atoms with van der Waals surface area (Å²) in [5.74, 6) is 0.0692. The number of carbonyl (C=O) groups excluding carboxylic acids is 2. The highest BCUT2D eigenvalue weighted by Gasteiger charge is 2.15. The molecule has 0 spiro atoms. The van der Waals surface area contributed by atoms with Crippen molar-refractivity contribution in [1.29, 1.82) is 0 Å². The number of para-hydroxylation sites is 2. The topological polar surface area (TPSA) is 64.6 Å². The fourth-order valence-electron chi connectivity index (χ4n) is 2.76. The van der Waals surface area contributed by atoms with Crippen LogP contribution in [0.2, 0.25) is 0 Å². The van der Waals surface area contributed by atoms with Crippen LogP contribution in [0.5, 0.6) is 11.5 Å². The quantitative estimate of drug-likeness (QED) is 0.436. The maximum Gasteiger partial charge on any atom is 0.342 e. The molecule has 0 aromatic heterocycles. The van der Waals surface area contributed by atoms with E-state index in [9.17, 15) is 9.59 Å². The van der Waals surface area contributed by atoms with Gasteiger partial charge in [-0.05, 0) is 42.7 Å². The maximum atomic E-state index is 12.4. The summed E-state index contributed by atoms with van der Waals surface area (Å²) < 4.78 is 10.9. The van der Waals surface area contributed by atoms with Crippen molar-refractivity contribution in [2.75, 3.05) is 13.2 Å². The average Bonchev–Trinajstić information content (AvgIpc) is 2.77. The number of amides is 1. The Bertz CT molecular complexity index is 926. The van der Waals surface area contributed by atoms with E-state index in [0.717, 1.165) is 12.8 Å². The fourth-order valence-corrected chi connectivity index (χ4v) is 2.76. The van der Waals surface area contributed by atoms with Gasteiger partial charge in [-0.25, -0.2) is 4.79 Å². The summed E-state index contributed by atoms with van der Waals surface area (Å²) in [7, 11) is 0. The van der Waals surface area contributed by atoms with E-state index in [1.54, 1.807) is 36.4 Å². The Morgan fingerprint density at radius 3 is 2.21 bits per heavy atom. The number of carbonyl (C=O) groups is 2. The molecule has 0 bridgehead atoms. The normalized spacial score (nSPS) is 10.2. The molecule has 5 heteroatoms. The van der Waals surface area contributed by atoms with Crippen molar-refractivity contribution in [3.63, 3.8) is 0 Å². The van der Waals surface area contributed by atoms with Crippen LogP contribution in [-0.2, 0) is 16.0 Å². The molecule has 3 aromatic carbocycles. The Balaban J connectivity index is 1.45. The smallest absolute Gasteiger partial charge is 0.342 e. The number of benzene rings is 3. The zero-order chi connectivity index (χ0) is 20.3. The lowest BCUT2D eigenvalue weighted by molar-refractivity contribution is -0.124. The third-order valence-corrected chi connectivity index (χ3v) is 4.22. The Morgan fingerprint density at radius 1 is 0.793 bits per heavy atom. The molecule has 0 radical (unpaired) electrons. The van der Waals surface area contributed by atoms with E-state index in [-0.39, 0.29) is 18.1 Å². The first-order valence-corrected chi connectivity index (χ1v) is 9.52. The molecule has 29 heavy (non-hydrogen) atoms. The lowest BCUT2D eigenvalue weighted by atomic mass is 10.1. The highest BCUT2D eigenvalue weighted by Crippen LogP contribution is 2.25. The number of hydrogen-bond donors (Lipinski definition) is 1. The second-order valence-corrected chi connectivity index (χ2v) is 6.43. The van der Waals surface area contributed by atoms with Crippen LogP contribution in [0.1, 0.15) is 22.3 Å². The van der Waals surface area contributed by atoms with Gasteiger partial charge in [0.1, 0.15) is 17.1 Å². The molecule has 0 aliphatic heterocycles. The zero-order valence-corrected chi connectivity index (χ0v) is 16.0. The maximum absolute atomic E-state index is 12.4. The molecule has 3 aromatic rings. The minimum atomic E-state index is -0.601. The van der Waals surface area contributed by atoms with Crippen molar-refractivity contribution in [3.8, 4) is 11.5 Å². The van der Waals surface area contributed by atoms with Gasteiger partial charge in [-0.1, -0.05) is 60.7 Å². The van der Waals surface area contributed by atoms with Crippen molar-refractivity contribution in [1.82, 2.24) is 5.32 Å². The molecule has 148 valence electrons. The molecule has 0 aliphatic rings. The summed E-state index contributed by atoms with van der Waals surface area (Å²) in [4.78, 5) is 24.3. The van der Waals surface area contributed by atoms with E-state index in [2.05, 4.69) is 17.4 Å². The molecule has 1 N–H and O–H groups in total. The number of aryl methyl sites for hydroxylation is 1. The van der Waals surface area contributed by atoms with Gasteiger partial charge >= 0.3 is 5.97 Å². The predicted molar refractivity (Wildman–Crippen MR) is 111 cm³/mol. The van der Waals surface area contributed by atoms with E-state index >= 15 is 0 Å². The highest BCUT2D eigenvalue weighted by molar-refractivity contribution is 5.94. The largest absolute Gasteiger partial charge is 0.456 e. The second kappa shape index (κ2) is 10.7. The van der Waals surface area contributed by atoms with Crippen molar-refractivity contribution < 1.29 is 19.1 Å². The van der Waals surface area contributed by atoms with Gasteiger partial charge in [-0.3, -0.25) is 4.79 Å². The molecule has 0 aliphatic carbocycles. The first kappa shape index (κ1) is 20.1. The number of ether oxygens (including phenoxy) is 2. The van der Waals surface area contributed by atoms with Crippen LogP contribution >= 0.6 is 0 Å². The fraction of sp³-hybridized carbons (Fsp3) is 0.167. The minimum Gasteiger partial charge on any atom is -0.456 e. The van der Waals surface area contributed by atoms with Gasteiger partial charge < -0.3 is 14.8 Å². The Hall–Kier alpha value is -3.60. The third-order valence-electron chi connectivity index (χ3n) is 4.22. The molecular weight excluding hydrogens is 366 g/mol. The summed E-state index contributed by atoms with van der Waals surface area (Å²) in [5.41, 5.74) is 1.50. The third kappa shape index (κ3) is 6.50. The Morgan fingerprint density at radius 2 is 1.45 bits per heavy atom. The summed E-state index contributed by atoms with van der Waals surface area (Å²) >= 11 is 0. The van der Waals surface area contributed by atoms with Gasteiger partial charge in [0.2, 0.25) is 0 Å². The standard InChI is InChI=1S/C24H23NO4/c26-23(25-17-9-12-19-10-3-1-4-11-19)18-28-24(27)21-15-7-8-16-22(21)29-20-13-5-2-6-14-20/h1-8,10-11,13-16H,9,12,17-18H2,(H,25,26). The van der Waals surface area contributed by atoms with E-state index in [0.29, 0.717) is 18.0 Å². The van der Waals surface area contributed by atoms with E-state index in [4.69, 9.17) is 9.47 Å². The summed E-state index contributed by atoms with van der Waals surface area (Å²) in [6.07, 6.45) is 1.70. The predicted octanol–water partition coefficient (Wildman–Crippen LogP) is 4.38. The van der Waals surface area contributed by atoms with Gasteiger partial charge in [-0.2, -0.15) is 0 Å². The lowest BCUT2D eigenvalue weighted by Gasteiger charge is -2.11. The second-order valence-electron chi connectivity index (χ2n) is 6.43. The number of nitrogens with one attached hydrogen (secondary N) is 1. The zero-order valence-electron chi connectivity index (χ0n) is 16.0. The summed E-state index contributed by atoms with van der Waals surface area (Å²) in [6, 6.07) is 26.0. The van der Waals surface area contributed by atoms with Crippen LogP contribution in [0.4, 0.5) is 0 Å². The first-order chi connectivity index (χ1) is 14.2. The highest BCUT2D eigenvalue weighted by atomic mass is 16.5. The van der Waals surface area contributed by atoms with Gasteiger partial charge in [0.15, 0.2) is 6.61 Å². The van der Waals surface area contributed by atoms with Gasteiger partial charge in [0.05, 0.1) is 0 Å². The minimum absolute atomic E-state index is 0.272. The van der Waals surface area contributed by atoms with Crippen LogP contribution in [0, 0.1) is 0 Å². The SMILES string of the molecule is O=C(COC(=O)c1ccccc1Oc1ccccc1)NCCCc1ccccc1. The number of hydrogen-bond acceptors (Lipinski definition) is 4. The Labute approximate surface area is 170 Å². The van der Waals surface area contributed by atoms with E-state index in [1.807, 2.05) is 36.4 Å². The van der Waals surface area contributed by atoms with Crippen molar-refractivity contribution in [2.24, 2.45) is 0 Å². The Kier molecular flexibility index (Phi) is 7.41. The summed E-state index contributed by atoms with van der Waals surface area (Å²) in [6.45, 7) is 0.197. The molecular formula is C24H23NO4. The van der Waals surface area contributed by atoms with Crippen LogP contribution in [0.25, 0.3) is 0 Å². The van der Waals surface area contributed by atoms with Crippen LogP contribution in [-0.4, -0.2) is 25.0 Å². The average molecular weight is 389 g/mol. The van der Waals surface area contributed by atoms with Gasteiger partial charge in [0, 0.05) is 6.54 Å². The lowest BCUT2D eigenvalue weighted by Crippen LogP contribution is -2.29. The molecule has 0 heterocycles. The van der Waals surface area contributed by atoms with Gasteiger partial charge in [0.25, 0.3) is 5.91 Å². The van der Waals surface area contributed by atoms with Crippen LogP contribution < -0.4 is 10.1 Å². The van der Waals surface area contributed by atoms with Gasteiger partial charge in [-0.15, -0.1) is 0 Å². The molecule has 5 nitrogen and oxygen atoms in total. The molecule has 0 saturated carbocycles. The number of rotatable bonds is 9. The summed E-state index contributed by atoms with van der Waals surface area (Å²) in [5, 5.41) is 2.77. The van der Waals surface area contributed by atoms with Crippen molar-refractivity contribution in [3.05, 3.63) is 96.1 Å². The molecule has 0 fully saturated rings. The molecule has 0 atom stereocenters. The van der Waals surface area contributed by atoms with E-state index < -0.39 is 5.97 Å². The number of esters is 1. The van der Waals surface area contributed by atoms with Crippen LogP contribution in [0.3, 0.4) is 0 Å². The molecule has 1 amide bonds.